The molecule has 6 nitrogen and oxygen atoms in total. The summed E-state index contributed by atoms with van der Waals surface area (Å²) in [7, 11) is -1.10. The molecule has 1 aliphatic heterocycles. The van der Waals surface area contributed by atoms with E-state index in [4.69, 9.17) is 5.73 Å². The lowest BCUT2D eigenvalue weighted by Gasteiger charge is -2.24. The van der Waals surface area contributed by atoms with Crippen molar-refractivity contribution in [3.05, 3.63) is 5.69 Å². The molecule has 1 aromatic rings. The second kappa shape index (κ2) is 5.03. The molecule has 3 N–H and O–H groups in total. The zero-order chi connectivity index (χ0) is 14.2. The molecular formula is C12H22N4O2S. The Labute approximate surface area is 114 Å². The number of hydrogen-bond donors (Lipinski definition) is 2. The van der Waals surface area contributed by atoms with Crippen LogP contribution in [0, 0.1) is 0 Å². The Hall–Kier alpha value is -1.24. The van der Waals surface area contributed by atoms with Crippen molar-refractivity contribution in [1.29, 1.82) is 0 Å². The standard InChI is InChI=1S/C12H22N4O2S/c1-8(2)11-10(13)12(16(3)15-11)14-9-5-4-6-19(17,18)7-9/h8-9,14H,4-7,13H2,1-3H3. The predicted molar refractivity (Wildman–Crippen MR) is 77.0 cm³/mol. The predicted octanol–water partition coefficient (Wildman–Crippen LogP) is 1.11. The van der Waals surface area contributed by atoms with E-state index in [1.807, 2.05) is 20.9 Å². The van der Waals surface area contributed by atoms with Crippen molar-refractivity contribution in [1.82, 2.24) is 9.78 Å². The van der Waals surface area contributed by atoms with Gasteiger partial charge in [0.2, 0.25) is 0 Å². The summed E-state index contributed by atoms with van der Waals surface area (Å²) in [5, 5.41) is 7.64. The molecule has 1 unspecified atom stereocenters. The second-order valence-electron chi connectivity index (χ2n) is 5.52. The van der Waals surface area contributed by atoms with Gasteiger partial charge in [-0.3, -0.25) is 4.68 Å². The van der Waals surface area contributed by atoms with Gasteiger partial charge in [0, 0.05) is 13.1 Å². The summed E-state index contributed by atoms with van der Waals surface area (Å²) >= 11 is 0. The zero-order valence-corrected chi connectivity index (χ0v) is 12.5. The highest BCUT2D eigenvalue weighted by atomic mass is 32.2. The van der Waals surface area contributed by atoms with Crippen LogP contribution in [0.4, 0.5) is 11.5 Å². The Morgan fingerprint density at radius 1 is 1.47 bits per heavy atom. The van der Waals surface area contributed by atoms with Gasteiger partial charge in [-0.2, -0.15) is 5.10 Å². The van der Waals surface area contributed by atoms with Gasteiger partial charge >= 0.3 is 0 Å². The molecule has 1 saturated heterocycles. The first-order valence-electron chi connectivity index (χ1n) is 6.59. The van der Waals surface area contributed by atoms with Crippen LogP contribution in [0.15, 0.2) is 0 Å². The third-order valence-electron chi connectivity index (χ3n) is 3.46. The number of nitrogens with one attached hydrogen (secondary N) is 1. The molecular weight excluding hydrogens is 264 g/mol. The van der Waals surface area contributed by atoms with Crippen molar-refractivity contribution in [3.63, 3.8) is 0 Å². The van der Waals surface area contributed by atoms with Crippen LogP contribution >= 0.6 is 0 Å². The van der Waals surface area contributed by atoms with E-state index in [2.05, 4.69) is 10.4 Å². The average molecular weight is 286 g/mol. The summed E-state index contributed by atoms with van der Waals surface area (Å²) < 4.78 is 25.0. The fourth-order valence-electron chi connectivity index (χ4n) is 2.49. The number of hydrogen-bond acceptors (Lipinski definition) is 5. The van der Waals surface area contributed by atoms with Crippen molar-refractivity contribution in [2.24, 2.45) is 7.05 Å². The molecule has 0 saturated carbocycles. The molecule has 0 aliphatic carbocycles. The van der Waals surface area contributed by atoms with Crippen LogP contribution in [0.2, 0.25) is 0 Å². The van der Waals surface area contributed by atoms with Crippen LogP contribution < -0.4 is 11.1 Å². The van der Waals surface area contributed by atoms with Crippen LogP contribution in [0.1, 0.15) is 38.3 Å². The first kappa shape index (κ1) is 14.2. The highest BCUT2D eigenvalue weighted by molar-refractivity contribution is 7.91. The molecule has 0 bridgehead atoms. The molecule has 0 amide bonds. The van der Waals surface area contributed by atoms with E-state index in [1.54, 1.807) is 4.68 Å². The van der Waals surface area contributed by atoms with Crippen molar-refractivity contribution in [2.45, 2.75) is 38.6 Å². The molecule has 1 fully saturated rings. The summed E-state index contributed by atoms with van der Waals surface area (Å²) in [5.74, 6) is 1.44. The molecule has 2 rings (SSSR count). The normalized spacial score (nSPS) is 22.6. The van der Waals surface area contributed by atoms with Gasteiger partial charge in [-0.15, -0.1) is 0 Å². The van der Waals surface area contributed by atoms with Gasteiger partial charge in [-0.05, 0) is 18.8 Å². The van der Waals surface area contributed by atoms with Crippen LogP contribution in [0.5, 0.6) is 0 Å². The fraction of sp³-hybridized carbons (Fsp3) is 0.750. The fourth-order valence-corrected chi connectivity index (χ4v) is 4.12. The van der Waals surface area contributed by atoms with Crippen molar-refractivity contribution in [2.75, 3.05) is 22.6 Å². The number of nitrogen functional groups attached to an aromatic ring is 1. The Morgan fingerprint density at radius 3 is 2.68 bits per heavy atom. The monoisotopic (exact) mass is 286 g/mol. The summed E-state index contributed by atoms with van der Waals surface area (Å²) in [6.45, 7) is 4.07. The van der Waals surface area contributed by atoms with Gasteiger partial charge in [0.1, 0.15) is 5.82 Å². The minimum absolute atomic E-state index is 0.0727. The molecule has 108 valence electrons. The van der Waals surface area contributed by atoms with Gasteiger partial charge in [0.15, 0.2) is 9.84 Å². The summed E-state index contributed by atoms with van der Waals surface area (Å²) in [6.07, 6.45) is 1.55. The number of sulfone groups is 1. The lowest BCUT2D eigenvalue weighted by Crippen LogP contribution is -2.35. The van der Waals surface area contributed by atoms with Crippen LogP contribution in [-0.4, -0.2) is 35.7 Å². The van der Waals surface area contributed by atoms with Crippen LogP contribution in [0.25, 0.3) is 0 Å². The van der Waals surface area contributed by atoms with Gasteiger partial charge in [0.25, 0.3) is 0 Å². The number of nitrogens with two attached hydrogens (primary N) is 1. The maximum Gasteiger partial charge on any atom is 0.152 e. The average Bonchev–Trinajstić information content (AvgIpc) is 2.56. The van der Waals surface area contributed by atoms with Crippen LogP contribution in [0.3, 0.4) is 0 Å². The summed E-state index contributed by atoms with van der Waals surface area (Å²) in [6, 6.07) is -0.0727. The topological polar surface area (TPSA) is 90.0 Å². The largest absolute Gasteiger partial charge is 0.394 e. The maximum atomic E-state index is 11.6. The zero-order valence-electron chi connectivity index (χ0n) is 11.7. The van der Waals surface area contributed by atoms with Crippen molar-refractivity contribution < 1.29 is 8.42 Å². The molecule has 0 spiro atoms. The third-order valence-corrected chi connectivity index (χ3v) is 5.28. The maximum absolute atomic E-state index is 11.6. The number of aromatic nitrogens is 2. The van der Waals surface area contributed by atoms with Crippen LogP contribution in [-0.2, 0) is 16.9 Å². The number of aryl methyl sites for hydroxylation is 1. The third kappa shape index (κ3) is 3.02. The minimum atomic E-state index is -2.92. The van der Waals surface area contributed by atoms with E-state index >= 15 is 0 Å². The summed E-state index contributed by atoms with van der Waals surface area (Å²) in [5.41, 5.74) is 7.57. The van der Waals surface area contributed by atoms with E-state index in [0.29, 0.717) is 17.9 Å². The molecule has 1 atom stereocenters. The molecule has 19 heavy (non-hydrogen) atoms. The SMILES string of the molecule is CC(C)c1nn(C)c(NC2CCCS(=O)(=O)C2)c1N. The van der Waals surface area contributed by atoms with Gasteiger partial charge in [0.05, 0.1) is 22.9 Å². The lowest BCUT2D eigenvalue weighted by atomic mass is 10.1. The Morgan fingerprint density at radius 2 is 2.16 bits per heavy atom. The highest BCUT2D eigenvalue weighted by Gasteiger charge is 2.26. The Bertz CT molecular complexity index is 563. The van der Waals surface area contributed by atoms with E-state index in [-0.39, 0.29) is 17.7 Å². The molecule has 0 aromatic carbocycles. The Kier molecular flexibility index (Phi) is 3.75. The molecule has 0 radical (unpaired) electrons. The number of anilines is 2. The smallest absolute Gasteiger partial charge is 0.152 e. The molecule has 1 aliphatic rings. The van der Waals surface area contributed by atoms with E-state index in [9.17, 15) is 8.42 Å². The highest BCUT2D eigenvalue weighted by Crippen LogP contribution is 2.29. The van der Waals surface area contributed by atoms with E-state index in [0.717, 1.165) is 17.9 Å². The Balaban J connectivity index is 2.20. The summed E-state index contributed by atoms with van der Waals surface area (Å²) in [4.78, 5) is 0. The van der Waals surface area contributed by atoms with Crippen molar-refractivity contribution >= 4 is 21.3 Å². The second-order valence-corrected chi connectivity index (χ2v) is 7.75. The quantitative estimate of drug-likeness (QED) is 0.869. The minimum Gasteiger partial charge on any atom is -0.394 e. The lowest BCUT2D eigenvalue weighted by molar-refractivity contribution is 0.560. The molecule has 7 heteroatoms. The van der Waals surface area contributed by atoms with E-state index < -0.39 is 9.84 Å². The van der Waals surface area contributed by atoms with E-state index in [1.165, 1.54) is 0 Å². The molecule has 1 aromatic heterocycles. The molecule has 2 heterocycles. The van der Waals surface area contributed by atoms with Crippen molar-refractivity contribution in [3.8, 4) is 0 Å². The van der Waals surface area contributed by atoms with Gasteiger partial charge in [-0.1, -0.05) is 13.8 Å². The van der Waals surface area contributed by atoms with Gasteiger partial charge in [-0.25, -0.2) is 8.42 Å². The first-order chi connectivity index (χ1) is 8.80. The number of rotatable bonds is 3. The first-order valence-corrected chi connectivity index (χ1v) is 8.41. The number of nitrogens with zero attached hydrogens (tertiary/aromatic N) is 2. The van der Waals surface area contributed by atoms with Gasteiger partial charge < -0.3 is 11.1 Å².